The highest BCUT2D eigenvalue weighted by Crippen LogP contribution is 2.30. The Labute approximate surface area is 136 Å². The quantitative estimate of drug-likeness (QED) is 0.755. The molecule has 0 spiro atoms. The zero-order valence-electron chi connectivity index (χ0n) is 13.6. The van der Waals surface area contributed by atoms with Crippen LogP contribution >= 0.6 is 0 Å². The van der Waals surface area contributed by atoms with Crippen molar-refractivity contribution in [3.63, 3.8) is 0 Å². The average molecular weight is 342 g/mol. The van der Waals surface area contributed by atoms with Gasteiger partial charge in [-0.1, -0.05) is 12.1 Å². The molecule has 0 fully saturated rings. The van der Waals surface area contributed by atoms with Crippen LogP contribution in [-0.4, -0.2) is 69.2 Å². The summed E-state index contributed by atoms with van der Waals surface area (Å²) in [5.41, 5.74) is 0. The molecule has 23 heavy (non-hydrogen) atoms. The molecule has 1 heterocycles. The van der Waals surface area contributed by atoms with Gasteiger partial charge in [-0.25, -0.2) is 8.42 Å². The topological polar surface area (TPSA) is 76.2 Å². The minimum Gasteiger partial charge on any atom is -0.486 e. The number of amides is 1. The molecule has 8 heteroatoms. The zero-order valence-corrected chi connectivity index (χ0v) is 14.4. The van der Waals surface area contributed by atoms with E-state index in [1.807, 2.05) is 31.2 Å². The lowest BCUT2D eigenvalue weighted by Crippen LogP contribution is -2.47. The molecule has 0 aliphatic carbocycles. The summed E-state index contributed by atoms with van der Waals surface area (Å²) in [7, 11) is -2.00. The second kappa shape index (κ2) is 7.18. The van der Waals surface area contributed by atoms with Crippen LogP contribution in [0.15, 0.2) is 24.3 Å². The first-order valence-corrected chi connectivity index (χ1v) is 9.23. The van der Waals surface area contributed by atoms with Crippen LogP contribution in [0.3, 0.4) is 0 Å². The molecule has 1 amide bonds. The molecule has 0 bridgehead atoms. The van der Waals surface area contributed by atoms with Gasteiger partial charge in [0.05, 0.1) is 19.3 Å². The van der Waals surface area contributed by atoms with Crippen molar-refractivity contribution in [1.29, 1.82) is 0 Å². The normalized spacial score (nSPS) is 17.1. The number of fused-ring (bicyclic) bond motifs is 1. The maximum Gasteiger partial charge on any atom is 0.238 e. The van der Waals surface area contributed by atoms with E-state index in [0.29, 0.717) is 31.2 Å². The van der Waals surface area contributed by atoms with Crippen LogP contribution in [0.25, 0.3) is 0 Å². The molecule has 1 aliphatic heterocycles. The van der Waals surface area contributed by atoms with Crippen molar-refractivity contribution < 1.29 is 22.7 Å². The van der Waals surface area contributed by atoms with Gasteiger partial charge in [0.1, 0.15) is 6.61 Å². The SMILES string of the molecule is CCN(CC1COc2ccccc2O1)C(=O)CN(C)S(C)(=O)=O. The van der Waals surface area contributed by atoms with Crippen molar-refractivity contribution in [2.45, 2.75) is 13.0 Å². The molecule has 1 atom stereocenters. The predicted molar refractivity (Wildman–Crippen MR) is 86.1 cm³/mol. The number of hydrogen-bond acceptors (Lipinski definition) is 5. The van der Waals surface area contributed by atoms with Crippen LogP contribution in [0.2, 0.25) is 0 Å². The molecule has 1 unspecified atom stereocenters. The predicted octanol–water partition coefficient (Wildman–Crippen LogP) is 0.566. The summed E-state index contributed by atoms with van der Waals surface area (Å²) in [6, 6.07) is 7.37. The van der Waals surface area contributed by atoms with Crippen LogP contribution in [0.5, 0.6) is 11.5 Å². The summed E-state index contributed by atoms with van der Waals surface area (Å²) in [4.78, 5) is 13.8. The molecule has 0 saturated heterocycles. The van der Waals surface area contributed by atoms with E-state index in [1.165, 1.54) is 7.05 Å². The van der Waals surface area contributed by atoms with Gasteiger partial charge in [-0.05, 0) is 19.1 Å². The number of ether oxygens (including phenoxy) is 2. The van der Waals surface area contributed by atoms with E-state index in [0.717, 1.165) is 10.6 Å². The summed E-state index contributed by atoms with van der Waals surface area (Å²) in [6.07, 6.45) is 0.795. The maximum absolute atomic E-state index is 12.3. The lowest BCUT2D eigenvalue weighted by atomic mass is 10.2. The number of likely N-dealkylation sites (N-methyl/N-ethyl adjacent to an activating group) is 2. The molecule has 1 aliphatic rings. The summed E-state index contributed by atoms with van der Waals surface area (Å²) in [6.45, 7) is 2.83. The summed E-state index contributed by atoms with van der Waals surface area (Å²) in [5, 5.41) is 0. The van der Waals surface area contributed by atoms with Gasteiger partial charge in [0.15, 0.2) is 17.6 Å². The van der Waals surface area contributed by atoms with E-state index < -0.39 is 10.0 Å². The largest absolute Gasteiger partial charge is 0.486 e. The molecular formula is C15H22N2O5S. The van der Waals surface area contributed by atoms with Crippen LogP contribution in [0.4, 0.5) is 0 Å². The number of sulfonamides is 1. The van der Waals surface area contributed by atoms with Crippen molar-refractivity contribution >= 4 is 15.9 Å². The lowest BCUT2D eigenvalue weighted by Gasteiger charge is -2.31. The number of hydrogen-bond donors (Lipinski definition) is 0. The molecule has 1 aromatic carbocycles. The average Bonchev–Trinajstić information content (AvgIpc) is 2.51. The first-order chi connectivity index (χ1) is 10.8. The number of rotatable bonds is 6. The molecule has 2 rings (SSSR count). The molecular weight excluding hydrogens is 320 g/mol. The van der Waals surface area contributed by atoms with Crippen molar-refractivity contribution in [3.8, 4) is 11.5 Å². The Kier molecular flexibility index (Phi) is 5.48. The highest BCUT2D eigenvalue weighted by molar-refractivity contribution is 7.88. The zero-order chi connectivity index (χ0) is 17.0. The highest BCUT2D eigenvalue weighted by Gasteiger charge is 2.26. The molecule has 0 N–H and O–H groups in total. The molecule has 0 aromatic heterocycles. The second-order valence-corrected chi connectivity index (χ2v) is 7.54. The maximum atomic E-state index is 12.3. The van der Waals surface area contributed by atoms with Crippen LogP contribution in [0.1, 0.15) is 6.92 Å². The fourth-order valence-corrected chi connectivity index (χ4v) is 2.56. The minimum absolute atomic E-state index is 0.184. The standard InChI is InChI=1S/C15H22N2O5S/c1-4-17(15(18)10-16(2)23(3,19)20)9-12-11-21-13-7-5-6-8-14(13)22-12/h5-8,12H,4,9-11H2,1-3H3. The van der Waals surface area contributed by atoms with Crippen molar-refractivity contribution in [1.82, 2.24) is 9.21 Å². The fraction of sp³-hybridized carbons (Fsp3) is 0.533. The number of nitrogens with zero attached hydrogens (tertiary/aromatic N) is 2. The van der Waals surface area contributed by atoms with E-state index in [9.17, 15) is 13.2 Å². The van der Waals surface area contributed by atoms with Gasteiger partial charge in [-0.2, -0.15) is 4.31 Å². The number of carbonyl (C=O) groups excluding carboxylic acids is 1. The molecule has 128 valence electrons. The van der Waals surface area contributed by atoms with Crippen molar-refractivity contribution in [2.75, 3.05) is 39.5 Å². The second-order valence-electron chi connectivity index (χ2n) is 5.45. The number of benzene rings is 1. The van der Waals surface area contributed by atoms with Crippen LogP contribution in [0, 0.1) is 0 Å². The Bertz CT molecular complexity index is 662. The molecule has 7 nitrogen and oxygen atoms in total. The number of carbonyl (C=O) groups is 1. The van der Waals surface area contributed by atoms with E-state index in [1.54, 1.807) is 4.90 Å². The molecule has 0 radical (unpaired) electrons. The van der Waals surface area contributed by atoms with Crippen LogP contribution < -0.4 is 9.47 Å². The van der Waals surface area contributed by atoms with Gasteiger partial charge in [0, 0.05) is 13.6 Å². The van der Waals surface area contributed by atoms with E-state index in [2.05, 4.69) is 0 Å². The third-order valence-electron chi connectivity index (χ3n) is 3.65. The van der Waals surface area contributed by atoms with E-state index in [4.69, 9.17) is 9.47 Å². The Balaban J connectivity index is 1.96. The monoisotopic (exact) mass is 342 g/mol. The Morgan fingerprint density at radius 2 is 1.96 bits per heavy atom. The van der Waals surface area contributed by atoms with E-state index >= 15 is 0 Å². The summed E-state index contributed by atoms with van der Waals surface area (Å²) in [5.74, 6) is 1.08. The number of para-hydroxylation sites is 2. The lowest BCUT2D eigenvalue weighted by molar-refractivity contribution is -0.132. The van der Waals surface area contributed by atoms with Gasteiger partial charge in [0.25, 0.3) is 0 Å². The fourth-order valence-electron chi connectivity index (χ4n) is 2.21. The first-order valence-electron chi connectivity index (χ1n) is 7.38. The highest BCUT2D eigenvalue weighted by atomic mass is 32.2. The smallest absolute Gasteiger partial charge is 0.238 e. The van der Waals surface area contributed by atoms with Crippen LogP contribution in [-0.2, 0) is 14.8 Å². The van der Waals surface area contributed by atoms with Gasteiger partial charge in [-0.3, -0.25) is 4.79 Å². The Hall–Kier alpha value is -1.80. The van der Waals surface area contributed by atoms with Crippen molar-refractivity contribution in [3.05, 3.63) is 24.3 Å². The van der Waals surface area contributed by atoms with Gasteiger partial charge >= 0.3 is 0 Å². The summed E-state index contributed by atoms with van der Waals surface area (Å²) >= 11 is 0. The van der Waals surface area contributed by atoms with Gasteiger partial charge in [0.2, 0.25) is 15.9 Å². The van der Waals surface area contributed by atoms with Gasteiger partial charge < -0.3 is 14.4 Å². The third kappa shape index (κ3) is 4.59. The van der Waals surface area contributed by atoms with E-state index in [-0.39, 0.29) is 18.6 Å². The Morgan fingerprint density at radius 1 is 1.30 bits per heavy atom. The third-order valence-corrected chi connectivity index (χ3v) is 4.91. The summed E-state index contributed by atoms with van der Waals surface area (Å²) < 4.78 is 35.3. The van der Waals surface area contributed by atoms with Crippen molar-refractivity contribution in [2.24, 2.45) is 0 Å². The molecule has 0 saturated carbocycles. The Morgan fingerprint density at radius 3 is 2.57 bits per heavy atom. The first kappa shape index (κ1) is 17.6. The minimum atomic E-state index is -3.38. The molecule has 1 aromatic rings. The van der Waals surface area contributed by atoms with Gasteiger partial charge in [-0.15, -0.1) is 0 Å².